The molecule has 2 aromatic carbocycles. The summed E-state index contributed by atoms with van der Waals surface area (Å²) >= 11 is 0. The minimum atomic E-state index is -0.221. The van der Waals surface area contributed by atoms with Crippen LogP contribution in [0.2, 0.25) is 0 Å². The molecule has 3 atom stereocenters. The number of nitrogens with zero attached hydrogens (tertiary/aromatic N) is 7. The molecule has 3 aromatic rings. The van der Waals surface area contributed by atoms with Crippen LogP contribution in [0, 0.1) is 19.4 Å². The van der Waals surface area contributed by atoms with Crippen molar-refractivity contribution in [2.75, 3.05) is 63.2 Å². The van der Waals surface area contributed by atoms with Crippen molar-refractivity contribution in [1.29, 1.82) is 0 Å². The summed E-state index contributed by atoms with van der Waals surface area (Å²) in [5.74, 6) is 1.22. The summed E-state index contributed by atoms with van der Waals surface area (Å²) in [5, 5.41) is 2.52. The summed E-state index contributed by atoms with van der Waals surface area (Å²) in [7, 11) is 4.26. The topological polar surface area (TPSA) is 69.4 Å². The highest BCUT2D eigenvalue weighted by molar-refractivity contribution is 5.97. The lowest BCUT2D eigenvalue weighted by Crippen LogP contribution is -2.56. The van der Waals surface area contributed by atoms with Crippen LogP contribution >= 0.6 is 0 Å². The molecule has 1 saturated carbocycles. The number of amides is 1. The van der Waals surface area contributed by atoms with E-state index in [4.69, 9.17) is 21.3 Å². The van der Waals surface area contributed by atoms with Crippen LogP contribution in [-0.2, 0) is 17.8 Å². The van der Waals surface area contributed by atoms with Gasteiger partial charge in [0.25, 0.3) is 0 Å². The number of benzene rings is 2. The van der Waals surface area contributed by atoms with Crippen LogP contribution in [0.15, 0.2) is 49.1 Å². The van der Waals surface area contributed by atoms with Crippen molar-refractivity contribution < 1.29 is 9.53 Å². The van der Waals surface area contributed by atoms with E-state index in [0.29, 0.717) is 50.8 Å². The fourth-order valence-corrected chi connectivity index (χ4v) is 7.01. The Kier molecular flexibility index (Phi) is 8.22. The van der Waals surface area contributed by atoms with Crippen molar-refractivity contribution >= 4 is 28.2 Å². The number of rotatable bonds is 8. The molecule has 0 bridgehead atoms. The van der Waals surface area contributed by atoms with Crippen molar-refractivity contribution in [3.63, 3.8) is 0 Å². The highest BCUT2D eigenvalue weighted by Crippen LogP contribution is 2.36. The molecule has 0 spiro atoms. The van der Waals surface area contributed by atoms with Crippen LogP contribution in [0.3, 0.4) is 0 Å². The van der Waals surface area contributed by atoms with Crippen LogP contribution < -0.4 is 14.5 Å². The molecule has 1 saturated heterocycles. The molecule has 2 fully saturated rings. The second kappa shape index (κ2) is 12.2. The molecule has 9 nitrogen and oxygen atoms in total. The zero-order chi connectivity index (χ0) is 30.1. The minimum Gasteiger partial charge on any atom is -0.463 e. The molecule has 43 heavy (non-hydrogen) atoms. The highest BCUT2D eigenvalue weighted by Gasteiger charge is 2.36. The molecule has 1 amide bonds. The first-order chi connectivity index (χ1) is 20.9. The lowest BCUT2D eigenvalue weighted by molar-refractivity contribution is -0.128. The number of anilines is 2. The van der Waals surface area contributed by atoms with Gasteiger partial charge in [0, 0.05) is 54.8 Å². The molecule has 1 aliphatic carbocycles. The SMILES string of the molecule is [C-]#[N+]C[C@H]1CN(c2nc(OC[C@@H]3CC[C@@H]3N(C)C)nc3c2CCN(c2cccc4cccc(C)c24)C3)CCN1C(=O)C=C. The van der Waals surface area contributed by atoms with Gasteiger partial charge in [0.1, 0.15) is 11.9 Å². The third-order valence-electron chi connectivity index (χ3n) is 9.46. The number of hydrogen-bond donors (Lipinski definition) is 0. The Hall–Kier alpha value is -4.16. The third kappa shape index (κ3) is 5.64. The molecule has 3 aliphatic rings. The van der Waals surface area contributed by atoms with E-state index >= 15 is 0 Å². The van der Waals surface area contributed by atoms with Crippen molar-refractivity contribution in [3.05, 3.63) is 77.3 Å². The maximum Gasteiger partial charge on any atom is 0.318 e. The molecule has 0 N–H and O–H groups in total. The average Bonchev–Trinajstić information content (AvgIpc) is 2.99. The zero-order valence-corrected chi connectivity index (χ0v) is 25.5. The summed E-state index contributed by atoms with van der Waals surface area (Å²) in [6.07, 6.45) is 4.48. The van der Waals surface area contributed by atoms with E-state index in [2.05, 4.69) is 83.5 Å². The third-order valence-corrected chi connectivity index (χ3v) is 9.46. The number of carbonyl (C=O) groups excluding carboxylic acids is 1. The predicted octanol–water partition coefficient (Wildman–Crippen LogP) is 4.34. The van der Waals surface area contributed by atoms with Gasteiger partial charge in [-0.25, -0.2) is 6.57 Å². The average molecular weight is 580 g/mol. The molecule has 224 valence electrons. The van der Waals surface area contributed by atoms with E-state index in [9.17, 15) is 4.79 Å². The molecule has 0 unspecified atom stereocenters. The first-order valence-electron chi connectivity index (χ1n) is 15.3. The number of ether oxygens (including phenoxy) is 1. The predicted molar refractivity (Wildman–Crippen MR) is 171 cm³/mol. The fraction of sp³-hybridized carbons (Fsp3) is 0.471. The van der Waals surface area contributed by atoms with E-state index in [-0.39, 0.29) is 18.5 Å². The lowest BCUT2D eigenvalue weighted by atomic mass is 9.79. The van der Waals surface area contributed by atoms with Gasteiger partial charge >= 0.3 is 6.01 Å². The first-order valence-corrected chi connectivity index (χ1v) is 15.3. The number of carbonyl (C=O) groups is 1. The standard InChI is InChI=1S/C34H41N7O2/c1-6-31(42)41-18-17-40(20-26(41)19-35-3)33-27-15-16-39(30-12-8-11-24-10-7-9-23(2)32(24)30)21-28(27)36-34(37-33)43-22-25-13-14-29(25)38(4)5/h6-12,25-26,29H,1,13-22H2,2,4-5H3/t25-,26-,29-/m0/s1. The van der Waals surface area contributed by atoms with E-state index < -0.39 is 0 Å². The van der Waals surface area contributed by atoms with Crippen molar-refractivity contribution in [1.82, 2.24) is 19.8 Å². The second-order valence-corrected chi connectivity index (χ2v) is 12.2. The number of aromatic nitrogens is 2. The first kappa shape index (κ1) is 28.9. The molecule has 6 rings (SSSR count). The Labute approximate surface area is 254 Å². The van der Waals surface area contributed by atoms with Crippen LogP contribution in [0.25, 0.3) is 15.6 Å². The molecule has 9 heteroatoms. The van der Waals surface area contributed by atoms with Crippen LogP contribution in [0.4, 0.5) is 11.5 Å². The number of piperazine rings is 1. The van der Waals surface area contributed by atoms with Gasteiger partial charge in [0.2, 0.25) is 12.5 Å². The Bertz CT molecular complexity index is 1560. The molecular formula is C34H41N7O2. The summed E-state index contributed by atoms with van der Waals surface area (Å²) in [6, 6.07) is 13.7. The molecular weight excluding hydrogens is 538 g/mol. The Morgan fingerprint density at radius 1 is 1.14 bits per heavy atom. The quantitative estimate of drug-likeness (QED) is 0.291. The number of aryl methyl sites for hydroxylation is 1. The fourth-order valence-electron chi connectivity index (χ4n) is 7.01. The normalized spacial score (nSPS) is 21.7. The zero-order valence-electron chi connectivity index (χ0n) is 25.5. The Morgan fingerprint density at radius 3 is 2.67 bits per heavy atom. The molecule has 0 radical (unpaired) electrons. The van der Waals surface area contributed by atoms with Gasteiger partial charge in [-0.05, 0) is 63.4 Å². The lowest BCUT2D eigenvalue weighted by Gasteiger charge is -2.41. The van der Waals surface area contributed by atoms with Crippen molar-refractivity contribution in [3.8, 4) is 6.01 Å². The maximum absolute atomic E-state index is 12.6. The van der Waals surface area contributed by atoms with Crippen molar-refractivity contribution in [2.24, 2.45) is 5.92 Å². The smallest absolute Gasteiger partial charge is 0.318 e. The highest BCUT2D eigenvalue weighted by atomic mass is 16.5. The van der Waals surface area contributed by atoms with E-state index in [1.807, 2.05) is 0 Å². The van der Waals surface area contributed by atoms with E-state index in [1.165, 1.54) is 34.5 Å². The number of fused-ring (bicyclic) bond motifs is 2. The Morgan fingerprint density at radius 2 is 1.95 bits per heavy atom. The summed E-state index contributed by atoms with van der Waals surface area (Å²) in [4.78, 5) is 35.0. The van der Waals surface area contributed by atoms with Gasteiger partial charge in [-0.15, -0.1) is 0 Å². The van der Waals surface area contributed by atoms with Crippen LogP contribution in [0.5, 0.6) is 6.01 Å². The van der Waals surface area contributed by atoms with Gasteiger partial charge in [-0.1, -0.05) is 36.9 Å². The number of hydrogen-bond acceptors (Lipinski definition) is 7. The second-order valence-electron chi connectivity index (χ2n) is 12.2. The van der Waals surface area contributed by atoms with Gasteiger partial charge < -0.3 is 29.2 Å². The van der Waals surface area contributed by atoms with Crippen LogP contribution in [-0.4, -0.2) is 91.2 Å². The van der Waals surface area contributed by atoms with E-state index in [0.717, 1.165) is 36.5 Å². The van der Waals surface area contributed by atoms with Gasteiger partial charge in [0.05, 0.1) is 18.8 Å². The van der Waals surface area contributed by atoms with Gasteiger partial charge in [-0.3, -0.25) is 4.79 Å². The van der Waals surface area contributed by atoms with Gasteiger partial charge in [-0.2, -0.15) is 9.97 Å². The summed E-state index contributed by atoms with van der Waals surface area (Å²) in [5.41, 5.74) is 4.61. The van der Waals surface area contributed by atoms with E-state index in [1.54, 1.807) is 4.90 Å². The minimum absolute atomic E-state index is 0.126. The van der Waals surface area contributed by atoms with Crippen LogP contribution in [0.1, 0.15) is 29.7 Å². The summed E-state index contributed by atoms with van der Waals surface area (Å²) < 4.78 is 6.35. The summed E-state index contributed by atoms with van der Waals surface area (Å²) in [6.45, 7) is 17.4. The van der Waals surface area contributed by atoms with Gasteiger partial charge in [0.15, 0.2) is 0 Å². The van der Waals surface area contributed by atoms with Crippen molar-refractivity contribution in [2.45, 2.75) is 44.8 Å². The maximum atomic E-state index is 12.6. The largest absolute Gasteiger partial charge is 0.463 e. The monoisotopic (exact) mass is 579 g/mol. The molecule has 2 aliphatic heterocycles. The Balaban J connectivity index is 1.33. The molecule has 1 aromatic heterocycles. The molecule has 3 heterocycles.